The van der Waals surface area contributed by atoms with Gasteiger partial charge in [0, 0.05) is 17.4 Å². The Hall–Kier alpha value is -1.62. The van der Waals surface area contributed by atoms with E-state index in [0.717, 1.165) is 27.4 Å². The van der Waals surface area contributed by atoms with Crippen LogP contribution in [-0.2, 0) is 0 Å². The summed E-state index contributed by atoms with van der Waals surface area (Å²) in [6.07, 6.45) is 0. The van der Waals surface area contributed by atoms with Gasteiger partial charge in [-0.25, -0.2) is 4.98 Å². The standard InChI is InChI=1S/C15H18BrN3O/c1-9(2)13-18-14(17-4)10(3)15(19-13)20-12-7-5-11(16)6-8-12/h5-9H,1-4H3,(H,17,18,19). The number of nitrogens with one attached hydrogen (secondary N) is 1. The minimum atomic E-state index is 0.245. The third kappa shape index (κ3) is 3.28. The van der Waals surface area contributed by atoms with Gasteiger partial charge in [0.1, 0.15) is 17.4 Å². The van der Waals surface area contributed by atoms with E-state index in [1.165, 1.54) is 0 Å². The Bertz CT molecular complexity index is 597. The van der Waals surface area contributed by atoms with Crippen LogP contribution >= 0.6 is 15.9 Å². The molecule has 1 heterocycles. The van der Waals surface area contributed by atoms with Crippen LogP contribution in [0.1, 0.15) is 31.2 Å². The highest BCUT2D eigenvalue weighted by molar-refractivity contribution is 9.10. The highest BCUT2D eigenvalue weighted by Crippen LogP contribution is 2.29. The van der Waals surface area contributed by atoms with Crippen LogP contribution in [0.3, 0.4) is 0 Å². The van der Waals surface area contributed by atoms with Crippen molar-refractivity contribution in [1.29, 1.82) is 0 Å². The molecule has 0 saturated heterocycles. The number of hydrogen-bond acceptors (Lipinski definition) is 4. The zero-order valence-corrected chi connectivity index (χ0v) is 13.7. The van der Waals surface area contributed by atoms with Gasteiger partial charge in [0.15, 0.2) is 0 Å². The summed E-state index contributed by atoms with van der Waals surface area (Å²) in [4.78, 5) is 9.01. The number of hydrogen-bond donors (Lipinski definition) is 1. The van der Waals surface area contributed by atoms with Gasteiger partial charge in [-0.3, -0.25) is 0 Å². The van der Waals surface area contributed by atoms with Crippen molar-refractivity contribution in [2.75, 3.05) is 12.4 Å². The largest absolute Gasteiger partial charge is 0.439 e. The lowest BCUT2D eigenvalue weighted by atomic mass is 10.2. The summed E-state index contributed by atoms with van der Waals surface area (Å²) < 4.78 is 6.90. The molecular weight excluding hydrogens is 318 g/mol. The quantitative estimate of drug-likeness (QED) is 0.893. The van der Waals surface area contributed by atoms with Crippen LogP contribution in [0.4, 0.5) is 5.82 Å². The van der Waals surface area contributed by atoms with Crippen LogP contribution in [-0.4, -0.2) is 17.0 Å². The van der Waals surface area contributed by atoms with E-state index in [9.17, 15) is 0 Å². The Morgan fingerprint density at radius 2 is 1.80 bits per heavy atom. The second-order valence-corrected chi connectivity index (χ2v) is 5.74. The SMILES string of the molecule is CNc1nc(C(C)C)nc(Oc2ccc(Br)cc2)c1C. The first-order chi connectivity index (χ1) is 9.51. The fraction of sp³-hybridized carbons (Fsp3) is 0.333. The summed E-state index contributed by atoms with van der Waals surface area (Å²) in [6.45, 7) is 6.07. The molecule has 2 rings (SSSR count). The van der Waals surface area contributed by atoms with E-state index in [1.54, 1.807) is 0 Å². The van der Waals surface area contributed by atoms with Gasteiger partial charge in [-0.05, 0) is 31.2 Å². The third-order valence-electron chi connectivity index (χ3n) is 2.90. The number of rotatable bonds is 4. The molecule has 1 N–H and O–H groups in total. The van der Waals surface area contributed by atoms with E-state index in [1.807, 2.05) is 38.2 Å². The first-order valence-corrected chi connectivity index (χ1v) is 7.30. The van der Waals surface area contributed by atoms with Gasteiger partial charge in [0.2, 0.25) is 5.88 Å². The highest BCUT2D eigenvalue weighted by atomic mass is 79.9. The maximum atomic E-state index is 5.89. The van der Waals surface area contributed by atoms with Crippen molar-refractivity contribution in [3.63, 3.8) is 0 Å². The van der Waals surface area contributed by atoms with E-state index in [-0.39, 0.29) is 5.92 Å². The average Bonchev–Trinajstić information content (AvgIpc) is 2.43. The van der Waals surface area contributed by atoms with E-state index in [4.69, 9.17) is 4.74 Å². The number of ether oxygens (including phenoxy) is 1. The highest BCUT2D eigenvalue weighted by Gasteiger charge is 2.14. The van der Waals surface area contributed by atoms with Crippen molar-refractivity contribution in [2.45, 2.75) is 26.7 Å². The van der Waals surface area contributed by atoms with Crippen molar-refractivity contribution in [1.82, 2.24) is 9.97 Å². The fourth-order valence-corrected chi connectivity index (χ4v) is 1.99. The maximum Gasteiger partial charge on any atom is 0.227 e. The Labute approximate surface area is 127 Å². The molecule has 0 unspecified atom stereocenters. The van der Waals surface area contributed by atoms with Crippen LogP contribution in [0.25, 0.3) is 0 Å². The van der Waals surface area contributed by atoms with Gasteiger partial charge in [-0.2, -0.15) is 4.98 Å². The summed E-state index contributed by atoms with van der Waals surface area (Å²) in [7, 11) is 1.85. The zero-order chi connectivity index (χ0) is 14.7. The van der Waals surface area contributed by atoms with Crippen molar-refractivity contribution < 1.29 is 4.74 Å². The Morgan fingerprint density at radius 3 is 2.35 bits per heavy atom. The summed E-state index contributed by atoms with van der Waals surface area (Å²) in [6, 6.07) is 7.68. The Morgan fingerprint density at radius 1 is 1.15 bits per heavy atom. The van der Waals surface area contributed by atoms with Gasteiger partial charge in [0.25, 0.3) is 0 Å². The molecule has 0 aliphatic rings. The number of aromatic nitrogens is 2. The molecule has 0 amide bonds. The molecule has 0 radical (unpaired) electrons. The van der Waals surface area contributed by atoms with Gasteiger partial charge in [0.05, 0.1) is 5.56 Å². The van der Waals surface area contributed by atoms with Crippen molar-refractivity contribution in [3.05, 3.63) is 40.1 Å². The molecule has 0 aliphatic carbocycles. The van der Waals surface area contributed by atoms with Crippen LogP contribution in [0.5, 0.6) is 11.6 Å². The van der Waals surface area contributed by atoms with Crippen LogP contribution < -0.4 is 10.1 Å². The molecule has 0 aliphatic heterocycles. The zero-order valence-electron chi connectivity index (χ0n) is 12.1. The molecule has 5 heteroatoms. The third-order valence-corrected chi connectivity index (χ3v) is 3.43. The summed E-state index contributed by atoms with van der Waals surface area (Å²) in [5, 5.41) is 3.09. The molecule has 0 bridgehead atoms. The molecular formula is C15H18BrN3O. The van der Waals surface area contributed by atoms with Crippen molar-refractivity contribution in [3.8, 4) is 11.6 Å². The predicted molar refractivity (Wildman–Crippen MR) is 84.6 cm³/mol. The lowest BCUT2D eigenvalue weighted by Gasteiger charge is -2.14. The van der Waals surface area contributed by atoms with E-state index < -0.39 is 0 Å². The molecule has 1 aromatic heterocycles. The molecule has 0 spiro atoms. The molecule has 4 nitrogen and oxygen atoms in total. The molecule has 2 aromatic rings. The number of benzene rings is 1. The van der Waals surface area contributed by atoms with Crippen molar-refractivity contribution in [2.24, 2.45) is 0 Å². The van der Waals surface area contributed by atoms with E-state index >= 15 is 0 Å². The second kappa shape index (κ2) is 6.22. The average molecular weight is 336 g/mol. The first-order valence-electron chi connectivity index (χ1n) is 6.51. The summed E-state index contributed by atoms with van der Waals surface area (Å²) in [5.41, 5.74) is 0.903. The smallest absolute Gasteiger partial charge is 0.227 e. The number of anilines is 1. The minimum absolute atomic E-state index is 0.245. The van der Waals surface area contributed by atoms with Gasteiger partial charge in [-0.15, -0.1) is 0 Å². The number of halogens is 1. The lowest BCUT2D eigenvalue weighted by molar-refractivity contribution is 0.453. The van der Waals surface area contributed by atoms with E-state index in [0.29, 0.717) is 5.88 Å². The minimum Gasteiger partial charge on any atom is -0.439 e. The second-order valence-electron chi connectivity index (χ2n) is 4.82. The van der Waals surface area contributed by atoms with Gasteiger partial charge >= 0.3 is 0 Å². The topological polar surface area (TPSA) is 47.0 Å². The lowest BCUT2D eigenvalue weighted by Crippen LogP contribution is -2.06. The van der Waals surface area contributed by atoms with E-state index in [2.05, 4.69) is 45.1 Å². The van der Waals surface area contributed by atoms with Gasteiger partial charge in [-0.1, -0.05) is 29.8 Å². The molecule has 0 atom stereocenters. The van der Waals surface area contributed by atoms with Crippen molar-refractivity contribution >= 4 is 21.7 Å². The monoisotopic (exact) mass is 335 g/mol. The normalized spacial score (nSPS) is 10.7. The molecule has 106 valence electrons. The number of nitrogens with zero attached hydrogens (tertiary/aromatic N) is 2. The Balaban J connectivity index is 2.39. The van der Waals surface area contributed by atoms with Crippen LogP contribution in [0.15, 0.2) is 28.7 Å². The fourth-order valence-electron chi connectivity index (χ4n) is 1.73. The van der Waals surface area contributed by atoms with Crippen LogP contribution in [0.2, 0.25) is 0 Å². The predicted octanol–water partition coefficient (Wildman–Crippen LogP) is 4.50. The maximum absolute atomic E-state index is 5.89. The first kappa shape index (κ1) is 14.8. The molecule has 1 aromatic carbocycles. The summed E-state index contributed by atoms with van der Waals surface area (Å²) >= 11 is 3.41. The van der Waals surface area contributed by atoms with Gasteiger partial charge < -0.3 is 10.1 Å². The molecule has 0 saturated carbocycles. The van der Waals surface area contributed by atoms with Crippen LogP contribution in [0, 0.1) is 6.92 Å². The molecule has 0 fully saturated rings. The molecule has 20 heavy (non-hydrogen) atoms. The Kier molecular flexibility index (Phi) is 4.60. The summed E-state index contributed by atoms with van der Waals surface area (Å²) in [5.74, 6) is 3.17.